The predicted molar refractivity (Wildman–Crippen MR) is 153 cm³/mol. The Morgan fingerprint density at radius 3 is 2.39 bits per heavy atom. The molecule has 220 valence electrons. The third-order valence-electron chi connectivity index (χ3n) is 7.11. The second-order valence-corrected chi connectivity index (χ2v) is 13.2. The number of hydrogen-bond acceptors (Lipinski definition) is 7. The van der Waals surface area contributed by atoms with Gasteiger partial charge in [0.2, 0.25) is 16.8 Å². The molecule has 0 bridgehead atoms. The van der Waals surface area contributed by atoms with Crippen LogP contribution in [0.25, 0.3) is 0 Å². The van der Waals surface area contributed by atoms with E-state index in [4.69, 9.17) is 18.9 Å². The molecular formula is C31H37FN2O6S. The van der Waals surface area contributed by atoms with Crippen LogP contribution in [0.3, 0.4) is 0 Å². The first-order valence-corrected chi connectivity index (χ1v) is 15.3. The molecule has 0 amide bonds. The van der Waals surface area contributed by atoms with Crippen molar-refractivity contribution in [3.05, 3.63) is 83.2 Å². The summed E-state index contributed by atoms with van der Waals surface area (Å²) in [4.78, 5) is 0.144. The molecule has 0 aromatic heterocycles. The van der Waals surface area contributed by atoms with Crippen molar-refractivity contribution in [1.82, 2.24) is 10.0 Å². The first-order valence-electron chi connectivity index (χ1n) is 13.8. The molecule has 2 atom stereocenters. The Balaban J connectivity index is 1.34. The van der Waals surface area contributed by atoms with Gasteiger partial charge in [0.15, 0.2) is 11.5 Å². The average Bonchev–Trinajstić information content (AvgIpc) is 3.54. The van der Waals surface area contributed by atoms with Crippen molar-refractivity contribution in [2.75, 3.05) is 13.4 Å². The van der Waals surface area contributed by atoms with E-state index in [0.29, 0.717) is 49.2 Å². The molecule has 1 saturated heterocycles. The Bertz CT molecular complexity index is 1460. The van der Waals surface area contributed by atoms with Crippen molar-refractivity contribution >= 4 is 10.0 Å². The molecule has 0 aliphatic carbocycles. The van der Waals surface area contributed by atoms with Crippen LogP contribution in [0.1, 0.15) is 44.4 Å². The number of hydrogen-bond donors (Lipinski definition) is 2. The van der Waals surface area contributed by atoms with Gasteiger partial charge < -0.3 is 18.9 Å². The van der Waals surface area contributed by atoms with Gasteiger partial charge in [-0.1, -0.05) is 38.1 Å². The van der Waals surface area contributed by atoms with Gasteiger partial charge in [-0.15, -0.1) is 0 Å². The molecular weight excluding hydrogens is 547 g/mol. The topological polar surface area (TPSA) is 95.1 Å². The molecule has 2 N–H and O–H groups in total. The Hall–Kier alpha value is -3.18. The number of fused-ring (bicyclic) bond motifs is 1. The summed E-state index contributed by atoms with van der Waals surface area (Å²) in [5, 5.41) is 3.41. The molecule has 0 spiro atoms. The van der Waals surface area contributed by atoms with E-state index in [1.165, 1.54) is 18.2 Å². The number of halogens is 1. The van der Waals surface area contributed by atoms with Gasteiger partial charge in [0.25, 0.3) is 0 Å². The normalized spacial score (nSPS) is 18.5. The lowest BCUT2D eigenvalue weighted by Gasteiger charge is -2.26. The Kier molecular flexibility index (Phi) is 8.56. The second kappa shape index (κ2) is 12.0. The molecule has 0 saturated carbocycles. The summed E-state index contributed by atoms with van der Waals surface area (Å²) in [5.41, 5.74) is 2.03. The SMILES string of the molecule is CC(C)Cc1cc(S(=O)(=O)NC(Cc2ccc(OCc3ccc(F)cc3)cc2)[C@H]2COC(C)(C)N2)cc2c1OCO2. The maximum absolute atomic E-state index is 13.8. The zero-order valence-corrected chi connectivity index (χ0v) is 24.6. The number of ether oxygens (including phenoxy) is 4. The van der Waals surface area contributed by atoms with Gasteiger partial charge in [-0.25, -0.2) is 17.5 Å². The van der Waals surface area contributed by atoms with E-state index in [2.05, 4.69) is 23.9 Å². The van der Waals surface area contributed by atoms with Crippen molar-refractivity contribution < 1.29 is 31.8 Å². The molecule has 2 aliphatic rings. The third-order valence-corrected chi connectivity index (χ3v) is 8.58. The summed E-state index contributed by atoms with van der Waals surface area (Å²) in [6.45, 7) is 8.73. The van der Waals surface area contributed by atoms with Crippen LogP contribution >= 0.6 is 0 Å². The smallest absolute Gasteiger partial charge is 0.241 e. The first kappa shape index (κ1) is 29.3. The largest absolute Gasteiger partial charge is 0.489 e. The highest BCUT2D eigenvalue weighted by Gasteiger charge is 2.38. The van der Waals surface area contributed by atoms with Crippen LogP contribution in [0, 0.1) is 11.7 Å². The molecule has 41 heavy (non-hydrogen) atoms. The number of benzene rings is 3. The highest BCUT2D eigenvalue weighted by molar-refractivity contribution is 7.89. The van der Waals surface area contributed by atoms with E-state index < -0.39 is 21.8 Å². The molecule has 3 aromatic rings. The average molecular weight is 585 g/mol. The summed E-state index contributed by atoms with van der Waals surface area (Å²) in [6, 6.07) is 16.2. The van der Waals surface area contributed by atoms with E-state index in [-0.39, 0.29) is 23.5 Å². The molecule has 8 nitrogen and oxygen atoms in total. The standard InChI is InChI=1S/C31H37FN2O6S/c1-20(2)13-23-15-26(16-29-30(23)39-19-38-29)41(35,36)34-27(28-18-40-31(3,4)33-28)14-21-7-11-25(12-8-21)37-17-22-5-9-24(32)10-6-22/h5-12,15-16,20,27-28,33-34H,13-14,17-19H2,1-4H3/t27?,28-/m1/s1. The molecule has 0 radical (unpaired) electrons. The summed E-state index contributed by atoms with van der Waals surface area (Å²) in [7, 11) is -3.92. The highest BCUT2D eigenvalue weighted by Crippen LogP contribution is 2.39. The monoisotopic (exact) mass is 584 g/mol. The minimum absolute atomic E-state index is 0.0714. The van der Waals surface area contributed by atoms with Crippen molar-refractivity contribution in [2.45, 2.75) is 69.8 Å². The predicted octanol–water partition coefficient (Wildman–Crippen LogP) is 4.95. The first-order chi connectivity index (χ1) is 19.5. The van der Waals surface area contributed by atoms with Crippen LogP contribution in [0.2, 0.25) is 0 Å². The van der Waals surface area contributed by atoms with E-state index >= 15 is 0 Å². The second-order valence-electron chi connectivity index (χ2n) is 11.5. The van der Waals surface area contributed by atoms with Gasteiger partial charge in [-0.05, 0) is 79.6 Å². The molecule has 2 aliphatic heterocycles. The van der Waals surface area contributed by atoms with Gasteiger partial charge >= 0.3 is 0 Å². The number of sulfonamides is 1. The zero-order valence-electron chi connectivity index (χ0n) is 23.8. The molecule has 2 heterocycles. The van der Waals surface area contributed by atoms with Crippen LogP contribution in [0.4, 0.5) is 4.39 Å². The summed E-state index contributed by atoms with van der Waals surface area (Å²) in [6.07, 6.45) is 1.10. The van der Waals surface area contributed by atoms with Gasteiger partial charge in [0.1, 0.15) is 23.9 Å². The summed E-state index contributed by atoms with van der Waals surface area (Å²) < 4.78 is 66.6. The minimum Gasteiger partial charge on any atom is -0.489 e. The number of nitrogens with one attached hydrogen (secondary N) is 2. The Morgan fingerprint density at radius 1 is 1.02 bits per heavy atom. The van der Waals surface area contributed by atoms with E-state index in [1.54, 1.807) is 18.2 Å². The fourth-order valence-electron chi connectivity index (χ4n) is 5.10. The van der Waals surface area contributed by atoms with Crippen LogP contribution in [0.5, 0.6) is 17.2 Å². The fourth-order valence-corrected chi connectivity index (χ4v) is 6.44. The maximum Gasteiger partial charge on any atom is 0.241 e. The van der Waals surface area contributed by atoms with Crippen LogP contribution in [-0.4, -0.2) is 39.6 Å². The fraction of sp³-hybridized carbons (Fsp3) is 0.419. The van der Waals surface area contributed by atoms with Crippen LogP contribution < -0.4 is 24.2 Å². The molecule has 10 heteroatoms. The zero-order chi connectivity index (χ0) is 29.2. The Labute approximate surface area is 241 Å². The van der Waals surface area contributed by atoms with Crippen molar-refractivity contribution in [1.29, 1.82) is 0 Å². The maximum atomic E-state index is 13.8. The van der Waals surface area contributed by atoms with Crippen molar-refractivity contribution in [3.63, 3.8) is 0 Å². The third kappa shape index (κ3) is 7.37. The van der Waals surface area contributed by atoms with E-state index in [9.17, 15) is 12.8 Å². The summed E-state index contributed by atoms with van der Waals surface area (Å²) in [5.74, 6) is 1.75. The van der Waals surface area contributed by atoms with Gasteiger partial charge in [-0.2, -0.15) is 0 Å². The van der Waals surface area contributed by atoms with Crippen LogP contribution in [-0.2, 0) is 34.2 Å². The lowest BCUT2D eigenvalue weighted by atomic mass is 10.0. The molecule has 1 fully saturated rings. The lowest BCUT2D eigenvalue weighted by Crippen LogP contribution is -2.52. The Morgan fingerprint density at radius 2 is 1.73 bits per heavy atom. The molecule has 5 rings (SSSR count). The lowest BCUT2D eigenvalue weighted by molar-refractivity contribution is 0.0230. The summed E-state index contributed by atoms with van der Waals surface area (Å²) >= 11 is 0. The molecule has 3 aromatic carbocycles. The number of rotatable bonds is 11. The minimum atomic E-state index is -3.92. The van der Waals surface area contributed by atoms with Crippen molar-refractivity contribution in [3.8, 4) is 17.2 Å². The highest BCUT2D eigenvalue weighted by atomic mass is 32.2. The van der Waals surface area contributed by atoms with E-state index in [0.717, 1.165) is 16.7 Å². The van der Waals surface area contributed by atoms with Gasteiger partial charge in [0.05, 0.1) is 11.5 Å². The van der Waals surface area contributed by atoms with E-state index in [1.807, 2.05) is 38.1 Å². The van der Waals surface area contributed by atoms with Crippen molar-refractivity contribution in [2.24, 2.45) is 5.92 Å². The van der Waals surface area contributed by atoms with Gasteiger partial charge in [0, 0.05) is 18.2 Å². The van der Waals surface area contributed by atoms with Gasteiger partial charge in [-0.3, -0.25) is 5.32 Å². The van der Waals surface area contributed by atoms with Crippen LogP contribution in [0.15, 0.2) is 65.6 Å². The molecule has 1 unspecified atom stereocenters. The quantitative estimate of drug-likeness (QED) is 0.330.